The highest BCUT2D eigenvalue weighted by Crippen LogP contribution is 2.18. The molecule has 2 N–H and O–H groups in total. The van der Waals surface area contributed by atoms with E-state index in [2.05, 4.69) is 21.0 Å². The van der Waals surface area contributed by atoms with Gasteiger partial charge in [0.05, 0.1) is 12.3 Å². The Bertz CT molecular complexity index is 278. The van der Waals surface area contributed by atoms with Crippen molar-refractivity contribution in [2.75, 3.05) is 5.33 Å². The number of hydrogen-bond acceptors (Lipinski definition) is 3. The SMILES string of the molecule is CCn1cc(C(O)C(O)CCBr)cn1. The predicted molar refractivity (Wildman–Crippen MR) is 57.3 cm³/mol. The van der Waals surface area contributed by atoms with Crippen molar-refractivity contribution in [2.45, 2.75) is 32.1 Å². The lowest BCUT2D eigenvalue weighted by Gasteiger charge is -2.14. The smallest absolute Gasteiger partial charge is 0.108 e. The lowest BCUT2D eigenvalue weighted by Crippen LogP contribution is -2.18. The first-order chi connectivity index (χ1) is 6.69. The maximum Gasteiger partial charge on any atom is 0.108 e. The van der Waals surface area contributed by atoms with E-state index < -0.39 is 12.2 Å². The fourth-order valence-corrected chi connectivity index (χ4v) is 1.67. The van der Waals surface area contributed by atoms with Gasteiger partial charge < -0.3 is 10.2 Å². The molecule has 1 aromatic heterocycles. The molecule has 1 aromatic rings. The van der Waals surface area contributed by atoms with Gasteiger partial charge in [0.2, 0.25) is 0 Å². The zero-order valence-corrected chi connectivity index (χ0v) is 9.68. The highest BCUT2D eigenvalue weighted by Gasteiger charge is 2.18. The summed E-state index contributed by atoms with van der Waals surface area (Å²) in [6.07, 6.45) is 2.29. The Balaban J connectivity index is 2.63. The summed E-state index contributed by atoms with van der Waals surface area (Å²) in [5.41, 5.74) is 0.667. The summed E-state index contributed by atoms with van der Waals surface area (Å²) in [5.74, 6) is 0. The van der Waals surface area contributed by atoms with E-state index in [0.29, 0.717) is 17.3 Å². The van der Waals surface area contributed by atoms with Crippen LogP contribution in [0.3, 0.4) is 0 Å². The lowest BCUT2D eigenvalue weighted by molar-refractivity contribution is 0.0173. The second-order valence-electron chi connectivity index (χ2n) is 3.12. The van der Waals surface area contributed by atoms with Crippen molar-refractivity contribution in [3.05, 3.63) is 18.0 Å². The van der Waals surface area contributed by atoms with Crippen molar-refractivity contribution >= 4 is 15.9 Å². The Morgan fingerprint density at radius 1 is 1.57 bits per heavy atom. The molecule has 0 aliphatic heterocycles. The Hall–Kier alpha value is -0.390. The summed E-state index contributed by atoms with van der Waals surface area (Å²) < 4.78 is 1.72. The molecule has 0 amide bonds. The fraction of sp³-hybridized carbons (Fsp3) is 0.667. The van der Waals surface area contributed by atoms with Crippen LogP contribution < -0.4 is 0 Å². The van der Waals surface area contributed by atoms with Gasteiger partial charge in [-0.05, 0) is 13.3 Å². The Morgan fingerprint density at radius 2 is 2.29 bits per heavy atom. The van der Waals surface area contributed by atoms with Crippen LogP contribution in [0.4, 0.5) is 0 Å². The summed E-state index contributed by atoms with van der Waals surface area (Å²) in [4.78, 5) is 0. The third kappa shape index (κ3) is 2.80. The maximum absolute atomic E-state index is 9.70. The van der Waals surface area contributed by atoms with Crippen LogP contribution >= 0.6 is 15.9 Å². The average Bonchev–Trinajstić information content (AvgIpc) is 2.65. The van der Waals surface area contributed by atoms with E-state index >= 15 is 0 Å². The molecule has 0 fully saturated rings. The first-order valence-corrected chi connectivity index (χ1v) is 5.75. The van der Waals surface area contributed by atoms with E-state index in [1.807, 2.05) is 6.92 Å². The number of hydrogen-bond donors (Lipinski definition) is 2. The van der Waals surface area contributed by atoms with Gasteiger partial charge in [0.25, 0.3) is 0 Å². The highest BCUT2D eigenvalue weighted by atomic mass is 79.9. The molecule has 0 bridgehead atoms. The minimum atomic E-state index is -0.840. The first kappa shape index (κ1) is 11.7. The van der Waals surface area contributed by atoms with Crippen LogP contribution in [0.5, 0.6) is 0 Å². The molecular formula is C9H15BrN2O2. The normalized spacial score (nSPS) is 15.4. The molecule has 2 atom stereocenters. The van der Waals surface area contributed by atoms with Crippen molar-refractivity contribution in [1.29, 1.82) is 0 Å². The second kappa shape index (κ2) is 5.48. The Labute approximate surface area is 91.7 Å². The van der Waals surface area contributed by atoms with Crippen molar-refractivity contribution in [3.63, 3.8) is 0 Å². The van der Waals surface area contributed by atoms with Gasteiger partial charge in [0.1, 0.15) is 6.10 Å². The second-order valence-corrected chi connectivity index (χ2v) is 3.91. The number of aromatic nitrogens is 2. The van der Waals surface area contributed by atoms with Gasteiger partial charge in [-0.1, -0.05) is 15.9 Å². The van der Waals surface area contributed by atoms with Crippen LogP contribution in [0.25, 0.3) is 0 Å². The van der Waals surface area contributed by atoms with Gasteiger partial charge >= 0.3 is 0 Å². The van der Waals surface area contributed by atoms with Crippen LogP contribution in [0.1, 0.15) is 25.0 Å². The van der Waals surface area contributed by atoms with Crippen molar-refractivity contribution in [1.82, 2.24) is 9.78 Å². The van der Waals surface area contributed by atoms with Crippen LogP contribution in [-0.4, -0.2) is 31.4 Å². The summed E-state index contributed by atoms with van der Waals surface area (Å²) in [6, 6.07) is 0. The van der Waals surface area contributed by atoms with Gasteiger partial charge in [-0.3, -0.25) is 4.68 Å². The van der Waals surface area contributed by atoms with E-state index in [0.717, 1.165) is 6.54 Å². The minimum absolute atomic E-state index is 0.526. The maximum atomic E-state index is 9.70. The molecule has 0 aliphatic rings. The molecule has 0 saturated carbocycles. The molecule has 5 heteroatoms. The largest absolute Gasteiger partial charge is 0.390 e. The molecule has 80 valence electrons. The molecule has 1 rings (SSSR count). The minimum Gasteiger partial charge on any atom is -0.390 e. The molecule has 1 heterocycles. The van der Waals surface area contributed by atoms with E-state index in [4.69, 9.17) is 0 Å². The third-order valence-corrected chi connectivity index (χ3v) is 2.55. The van der Waals surface area contributed by atoms with Crippen LogP contribution in [0, 0.1) is 0 Å². The van der Waals surface area contributed by atoms with Gasteiger partial charge in [-0.15, -0.1) is 0 Å². The molecule has 0 radical (unpaired) electrons. The van der Waals surface area contributed by atoms with Crippen LogP contribution in [0.2, 0.25) is 0 Å². The average molecular weight is 263 g/mol. The quantitative estimate of drug-likeness (QED) is 0.781. The zero-order valence-electron chi connectivity index (χ0n) is 8.10. The summed E-state index contributed by atoms with van der Waals surface area (Å²) >= 11 is 3.22. The van der Waals surface area contributed by atoms with Crippen LogP contribution in [0.15, 0.2) is 12.4 Å². The first-order valence-electron chi connectivity index (χ1n) is 4.63. The number of halogens is 1. The Morgan fingerprint density at radius 3 is 2.79 bits per heavy atom. The summed E-state index contributed by atoms with van der Waals surface area (Å²) in [7, 11) is 0. The number of rotatable bonds is 5. The van der Waals surface area contributed by atoms with E-state index in [9.17, 15) is 10.2 Å². The van der Waals surface area contributed by atoms with Gasteiger partial charge in [-0.2, -0.15) is 5.10 Å². The Kier molecular flexibility index (Phi) is 4.57. The topological polar surface area (TPSA) is 58.3 Å². The molecule has 0 aromatic carbocycles. The van der Waals surface area contributed by atoms with Crippen LogP contribution in [-0.2, 0) is 6.54 Å². The molecule has 4 nitrogen and oxygen atoms in total. The molecule has 2 unspecified atom stereocenters. The molecule has 14 heavy (non-hydrogen) atoms. The number of aliphatic hydroxyl groups is 2. The number of aryl methyl sites for hydroxylation is 1. The number of nitrogens with zero attached hydrogens (tertiary/aromatic N) is 2. The number of alkyl halides is 1. The standard InChI is InChI=1S/C9H15BrN2O2/c1-2-12-6-7(5-11-12)9(14)8(13)3-4-10/h5-6,8-9,13-14H,2-4H2,1H3. The monoisotopic (exact) mass is 262 g/mol. The zero-order chi connectivity index (χ0) is 10.6. The van der Waals surface area contributed by atoms with Gasteiger partial charge in [-0.25, -0.2) is 0 Å². The number of aliphatic hydroxyl groups excluding tert-OH is 2. The van der Waals surface area contributed by atoms with Crippen molar-refractivity contribution < 1.29 is 10.2 Å². The molecule has 0 aliphatic carbocycles. The van der Waals surface area contributed by atoms with Gasteiger partial charge in [0.15, 0.2) is 0 Å². The third-order valence-electron chi connectivity index (χ3n) is 2.09. The van der Waals surface area contributed by atoms with Crippen molar-refractivity contribution in [3.8, 4) is 0 Å². The molecular weight excluding hydrogens is 248 g/mol. The van der Waals surface area contributed by atoms with Crippen molar-refractivity contribution in [2.24, 2.45) is 0 Å². The van der Waals surface area contributed by atoms with Gasteiger partial charge in [0, 0.05) is 23.6 Å². The fourth-order valence-electron chi connectivity index (χ4n) is 1.20. The lowest BCUT2D eigenvalue weighted by atomic mass is 10.1. The van der Waals surface area contributed by atoms with E-state index in [1.165, 1.54) is 0 Å². The van der Waals surface area contributed by atoms with E-state index in [1.54, 1.807) is 17.1 Å². The highest BCUT2D eigenvalue weighted by molar-refractivity contribution is 9.09. The molecule has 0 spiro atoms. The predicted octanol–water partition coefficient (Wildman–Crippen LogP) is 1.08. The van der Waals surface area contributed by atoms with E-state index in [-0.39, 0.29) is 0 Å². The molecule has 0 saturated heterocycles. The summed E-state index contributed by atoms with van der Waals surface area (Å²) in [6.45, 7) is 2.74. The summed E-state index contributed by atoms with van der Waals surface area (Å²) in [5, 5.41) is 23.9.